The van der Waals surface area contributed by atoms with Crippen LogP contribution in [0.5, 0.6) is 0 Å². The summed E-state index contributed by atoms with van der Waals surface area (Å²) >= 11 is 0. The number of aryl methyl sites for hydroxylation is 1. The van der Waals surface area contributed by atoms with Gasteiger partial charge >= 0.3 is 0 Å². The zero-order chi connectivity index (χ0) is 17.0. The highest BCUT2D eigenvalue weighted by atomic mass is 16.1. The fourth-order valence-corrected chi connectivity index (χ4v) is 2.99. The molecule has 0 fully saturated rings. The zero-order valence-electron chi connectivity index (χ0n) is 13.3. The smallest absolute Gasteiger partial charge is 0.285 e. The van der Waals surface area contributed by atoms with Crippen LogP contribution in [0.3, 0.4) is 0 Å². The van der Waals surface area contributed by atoms with Gasteiger partial charge in [-0.3, -0.25) is 9.36 Å². The van der Waals surface area contributed by atoms with Crippen molar-refractivity contribution in [1.82, 2.24) is 34.3 Å². The van der Waals surface area contributed by atoms with Gasteiger partial charge < -0.3 is 4.98 Å². The van der Waals surface area contributed by atoms with Gasteiger partial charge in [-0.1, -0.05) is 13.0 Å². The molecule has 5 aromatic rings. The minimum atomic E-state index is -0.244. The van der Waals surface area contributed by atoms with Crippen LogP contribution in [0.25, 0.3) is 33.4 Å². The fourth-order valence-electron chi connectivity index (χ4n) is 2.99. The third kappa shape index (κ3) is 1.97. The maximum absolute atomic E-state index is 12.9. The van der Waals surface area contributed by atoms with E-state index in [0.717, 1.165) is 16.6 Å². The number of pyridine rings is 1. The van der Waals surface area contributed by atoms with Gasteiger partial charge in [0, 0.05) is 24.3 Å². The molecular weight excluding hydrogens is 318 g/mol. The number of nitrogens with one attached hydrogen (secondary N) is 1. The Morgan fingerprint density at radius 2 is 2.08 bits per heavy atom. The first-order valence-corrected chi connectivity index (χ1v) is 7.96. The average molecular weight is 331 g/mol. The van der Waals surface area contributed by atoms with Crippen molar-refractivity contribution in [3.8, 4) is 5.69 Å². The molecule has 0 aliphatic rings. The predicted molar refractivity (Wildman–Crippen MR) is 92.9 cm³/mol. The van der Waals surface area contributed by atoms with E-state index in [2.05, 4.69) is 25.3 Å². The topological polar surface area (TPSA) is 93.8 Å². The van der Waals surface area contributed by atoms with Crippen molar-refractivity contribution in [3.05, 3.63) is 58.9 Å². The first-order chi connectivity index (χ1) is 12.2. The van der Waals surface area contributed by atoms with Gasteiger partial charge in [0.05, 0.1) is 5.69 Å². The highest BCUT2D eigenvalue weighted by molar-refractivity contribution is 5.81. The van der Waals surface area contributed by atoms with Crippen molar-refractivity contribution < 1.29 is 0 Å². The number of aromatic amines is 1. The van der Waals surface area contributed by atoms with Crippen molar-refractivity contribution in [2.45, 2.75) is 13.3 Å². The summed E-state index contributed by atoms with van der Waals surface area (Å²) in [5.74, 6) is 1.07. The predicted octanol–water partition coefficient (Wildman–Crippen LogP) is 1.87. The van der Waals surface area contributed by atoms with Crippen molar-refractivity contribution >= 4 is 27.7 Å². The van der Waals surface area contributed by atoms with E-state index in [4.69, 9.17) is 0 Å². The van der Waals surface area contributed by atoms with Gasteiger partial charge in [-0.2, -0.15) is 9.50 Å². The Kier molecular flexibility index (Phi) is 2.75. The maximum Gasteiger partial charge on any atom is 0.285 e. The van der Waals surface area contributed by atoms with Crippen LogP contribution < -0.4 is 5.56 Å². The molecule has 0 atom stereocenters. The highest BCUT2D eigenvalue weighted by Gasteiger charge is 2.13. The van der Waals surface area contributed by atoms with Crippen LogP contribution in [0.2, 0.25) is 0 Å². The molecule has 0 aliphatic carbocycles. The second kappa shape index (κ2) is 4.97. The minimum absolute atomic E-state index is 0.244. The summed E-state index contributed by atoms with van der Waals surface area (Å²) in [6, 6.07) is 9.60. The number of fused-ring (bicyclic) bond motifs is 4. The summed E-state index contributed by atoms with van der Waals surface area (Å²) in [6.45, 7) is 1.97. The molecule has 0 bridgehead atoms. The van der Waals surface area contributed by atoms with Crippen LogP contribution in [0.4, 0.5) is 0 Å². The lowest BCUT2D eigenvalue weighted by Gasteiger charge is -2.07. The molecule has 8 heteroatoms. The Bertz CT molecular complexity index is 1310. The summed E-state index contributed by atoms with van der Waals surface area (Å²) in [7, 11) is 0. The van der Waals surface area contributed by atoms with Crippen LogP contribution in [0, 0.1) is 0 Å². The standard InChI is InChI=1S/C17H13N7O/c1-2-14-19-17-21-20-15-13(24(17)22-14)6-8-23(16(15)25)11-4-3-10-5-7-18-12(10)9-11/h3-9,18H,2H2,1H3. The maximum atomic E-state index is 12.9. The normalized spacial score (nSPS) is 11.7. The molecule has 0 unspecified atom stereocenters. The molecule has 25 heavy (non-hydrogen) atoms. The van der Waals surface area contributed by atoms with E-state index in [1.165, 1.54) is 0 Å². The molecular formula is C17H13N7O. The van der Waals surface area contributed by atoms with Gasteiger partial charge in [0.15, 0.2) is 11.3 Å². The molecule has 0 spiro atoms. The SMILES string of the molecule is CCc1nc2nnc3c(=O)n(-c4ccc5cc[nH]c5c4)ccc3n2n1. The molecule has 122 valence electrons. The lowest BCUT2D eigenvalue weighted by molar-refractivity contribution is 0.884. The first-order valence-electron chi connectivity index (χ1n) is 7.96. The van der Waals surface area contributed by atoms with Crippen molar-refractivity contribution in [2.24, 2.45) is 0 Å². The van der Waals surface area contributed by atoms with Crippen molar-refractivity contribution in [3.63, 3.8) is 0 Å². The van der Waals surface area contributed by atoms with Gasteiger partial charge in [0.2, 0.25) is 0 Å². The molecule has 4 aromatic heterocycles. The summed E-state index contributed by atoms with van der Waals surface area (Å²) in [5, 5.41) is 13.6. The van der Waals surface area contributed by atoms with Crippen LogP contribution in [-0.4, -0.2) is 34.3 Å². The Morgan fingerprint density at radius 3 is 2.96 bits per heavy atom. The van der Waals surface area contributed by atoms with Gasteiger partial charge in [0.1, 0.15) is 5.52 Å². The molecule has 0 saturated carbocycles. The Morgan fingerprint density at radius 1 is 1.16 bits per heavy atom. The Hall–Kier alpha value is -3.55. The second-order valence-corrected chi connectivity index (χ2v) is 5.77. The Labute approximate surface area is 140 Å². The van der Waals surface area contributed by atoms with Gasteiger partial charge in [0.25, 0.3) is 11.3 Å². The molecule has 4 heterocycles. The Balaban J connectivity index is 1.78. The molecule has 8 nitrogen and oxygen atoms in total. The molecule has 0 aliphatic heterocycles. The second-order valence-electron chi connectivity index (χ2n) is 5.77. The number of rotatable bonds is 2. The zero-order valence-corrected chi connectivity index (χ0v) is 13.3. The lowest BCUT2D eigenvalue weighted by atomic mass is 10.2. The quantitative estimate of drug-likeness (QED) is 0.533. The van der Waals surface area contributed by atoms with E-state index in [1.807, 2.05) is 43.5 Å². The lowest BCUT2D eigenvalue weighted by Crippen LogP contribution is -2.20. The number of hydrogen-bond acceptors (Lipinski definition) is 5. The molecule has 0 saturated heterocycles. The molecule has 5 rings (SSSR count). The fraction of sp³-hybridized carbons (Fsp3) is 0.118. The van der Waals surface area contributed by atoms with E-state index < -0.39 is 0 Å². The van der Waals surface area contributed by atoms with Gasteiger partial charge in [-0.25, -0.2) is 0 Å². The molecule has 1 N–H and O–H groups in total. The van der Waals surface area contributed by atoms with Gasteiger partial charge in [-0.05, 0) is 29.7 Å². The average Bonchev–Trinajstić information content (AvgIpc) is 3.27. The summed E-state index contributed by atoms with van der Waals surface area (Å²) in [5.41, 5.74) is 2.34. The molecule has 0 amide bonds. The third-order valence-electron chi connectivity index (χ3n) is 4.28. The van der Waals surface area contributed by atoms with E-state index in [-0.39, 0.29) is 11.1 Å². The van der Waals surface area contributed by atoms with Crippen LogP contribution in [0.1, 0.15) is 12.7 Å². The van der Waals surface area contributed by atoms with E-state index in [0.29, 0.717) is 23.5 Å². The van der Waals surface area contributed by atoms with E-state index >= 15 is 0 Å². The van der Waals surface area contributed by atoms with Crippen molar-refractivity contribution in [2.75, 3.05) is 0 Å². The van der Waals surface area contributed by atoms with Crippen molar-refractivity contribution in [1.29, 1.82) is 0 Å². The van der Waals surface area contributed by atoms with Crippen LogP contribution >= 0.6 is 0 Å². The number of H-pyrrole nitrogens is 1. The van der Waals surface area contributed by atoms with E-state index in [1.54, 1.807) is 15.3 Å². The monoisotopic (exact) mass is 331 g/mol. The molecule has 0 radical (unpaired) electrons. The number of hydrogen-bond donors (Lipinski definition) is 1. The van der Waals surface area contributed by atoms with Crippen LogP contribution in [0.15, 0.2) is 47.5 Å². The number of aromatic nitrogens is 7. The van der Waals surface area contributed by atoms with Crippen LogP contribution in [-0.2, 0) is 6.42 Å². The largest absolute Gasteiger partial charge is 0.361 e. The third-order valence-corrected chi connectivity index (χ3v) is 4.28. The molecule has 1 aromatic carbocycles. The highest BCUT2D eigenvalue weighted by Crippen LogP contribution is 2.17. The number of benzene rings is 1. The minimum Gasteiger partial charge on any atom is -0.361 e. The summed E-state index contributed by atoms with van der Waals surface area (Å²) in [4.78, 5) is 20.4. The first kappa shape index (κ1) is 13.8. The summed E-state index contributed by atoms with van der Waals surface area (Å²) in [6.07, 6.45) is 4.29. The number of nitrogens with zero attached hydrogens (tertiary/aromatic N) is 6. The summed E-state index contributed by atoms with van der Waals surface area (Å²) < 4.78 is 3.13. The van der Waals surface area contributed by atoms with E-state index in [9.17, 15) is 4.79 Å². The van der Waals surface area contributed by atoms with Gasteiger partial charge in [-0.15, -0.1) is 15.3 Å².